The third kappa shape index (κ3) is 4.60. The zero-order valence-corrected chi connectivity index (χ0v) is 13.6. The maximum atomic E-state index is 6.14. The Balaban J connectivity index is 2.17. The molecule has 0 atom stereocenters. The van der Waals surface area contributed by atoms with Crippen LogP contribution in [0.5, 0.6) is 0 Å². The van der Waals surface area contributed by atoms with Crippen molar-refractivity contribution < 1.29 is 0 Å². The van der Waals surface area contributed by atoms with Gasteiger partial charge in [0, 0.05) is 29.0 Å². The first-order valence-electron chi connectivity index (χ1n) is 7.07. The second-order valence-electron chi connectivity index (χ2n) is 5.58. The SMILES string of the molecule is Cc1cc(Nc2ccc(C)c(Cl)c2)nc(NCC(C)C)n1. The third-order valence-corrected chi connectivity index (χ3v) is 3.37. The predicted molar refractivity (Wildman–Crippen MR) is 89.6 cm³/mol. The molecule has 5 heteroatoms. The van der Waals surface area contributed by atoms with Crippen molar-refractivity contribution in [2.24, 2.45) is 5.92 Å². The van der Waals surface area contributed by atoms with Crippen molar-refractivity contribution >= 4 is 29.1 Å². The van der Waals surface area contributed by atoms with Gasteiger partial charge in [0.25, 0.3) is 0 Å². The van der Waals surface area contributed by atoms with Gasteiger partial charge in [-0.25, -0.2) is 4.98 Å². The van der Waals surface area contributed by atoms with Crippen LogP contribution >= 0.6 is 11.6 Å². The van der Waals surface area contributed by atoms with Crippen LogP contribution in [-0.4, -0.2) is 16.5 Å². The summed E-state index contributed by atoms with van der Waals surface area (Å²) in [7, 11) is 0. The Morgan fingerprint density at radius 1 is 1.14 bits per heavy atom. The van der Waals surface area contributed by atoms with E-state index in [1.165, 1.54) is 0 Å². The molecule has 2 rings (SSSR count). The first-order valence-corrected chi connectivity index (χ1v) is 7.44. The number of benzene rings is 1. The van der Waals surface area contributed by atoms with Gasteiger partial charge in [0.15, 0.2) is 0 Å². The molecule has 0 unspecified atom stereocenters. The molecule has 1 heterocycles. The molecule has 0 bridgehead atoms. The van der Waals surface area contributed by atoms with E-state index in [0.717, 1.165) is 34.3 Å². The molecule has 0 amide bonds. The van der Waals surface area contributed by atoms with Crippen LogP contribution in [0.4, 0.5) is 17.5 Å². The molecule has 112 valence electrons. The molecule has 1 aromatic heterocycles. The number of hydrogen-bond donors (Lipinski definition) is 2. The summed E-state index contributed by atoms with van der Waals surface area (Å²) in [5.74, 6) is 1.94. The molecule has 0 aliphatic heterocycles. The molecule has 0 aliphatic carbocycles. The van der Waals surface area contributed by atoms with Gasteiger partial charge in [-0.2, -0.15) is 4.98 Å². The molecule has 0 saturated heterocycles. The lowest BCUT2D eigenvalue weighted by atomic mass is 10.2. The fraction of sp³-hybridized carbons (Fsp3) is 0.375. The molecule has 1 aromatic carbocycles. The van der Waals surface area contributed by atoms with E-state index < -0.39 is 0 Å². The Morgan fingerprint density at radius 2 is 1.90 bits per heavy atom. The van der Waals surface area contributed by atoms with Gasteiger partial charge in [0.1, 0.15) is 5.82 Å². The molecule has 0 radical (unpaired) electrons. The number of aryl methyl sites for hydroxylation is 2. The van der Waals surface area contributed by atoms with E-state index in [1.54, 1.807) is 0 Å². The first kappa shape index (κ1) is 15.6. The van der Waals surface area contributed by atoms with E-state index in [0.29, 0.717) is 11.9 Å². The quantitative estimate of drug-likeness (QED) is 0.850. The Kier molecular flexibility index (Phi) is 5.02. The molecule has 0 aliphatic rings. The highest BCUT2D eigenvalue weighted by molar-refractivity contribution is 6.31. The van der Waals surface area contributed by atoms with Crippen LogP contribution in [0.25, 0.3) is 0 Å². The van der Waals surface area contributed by atoms with Gasteiger partial charge in [0.05, 0.1) is 0 Å². The second-order valence-corrected chi connectivity index (χ2v) is 5.99. The van der Waals surface area contributed by atoms with E-state index in [-0.39, 0.29) is 0 Å². The topological polar surface area (TPSA) is 49.8 Å². The molecular weight excluding hydrogens is 284 g/mol. The summed E-state index contributed by atoms with van der Waals surface area (Å²) in [5.41, 5.74) is 2.89. The van der Waals surface area contributed by atoms with Gasteiger partial charge in [-0.3, -0.25) is 0 Å². The van der Waals surface area contributed by atoms with Crippen LogP contribution in [-0.2, 0) is 0 Å². The predicted octanol–water partition coefficient (Wildman–Crippen LogP) is 4.56. The van der Waals surface area contributed by atoms with E-state index in [4.69, 9.17) is 11.6 Å². The average Bonchev–Trinajstić information content (AvgIpc) is 2.40. The summed E-state index contributed by atoms with van der Waals surface area (Å²) in [6.07, 6.45) is 0. The Morgan fingerprint density at radius 3 is 2.57 bits per heavy atom. The Labute approximate surface area is 131 Å². The molecule has 2 N–H and O–H groups in total. The third-order valence-electron chi connectivity index (χ3n) is 2.97. The Bertz CT molecular complexity index is 626. The van der Waals surface area contributed by atoms with Crippen molar-refractivity contribution in [3.05, 3.63) is 40.5 Å². The van der Waals surface area contributed by atoms with Crippen LogP contribution in [0.1, 0.15) is 25.1 Å². The van der Waals surface area contributed by atoms with Crippen molar-refractivity contribution in [2.45, 2.75) is 27.7 Å². The van der Waals surface area contributed by atoms with E-state index in [1.807, 2.05) is 38.1 Å². The zero-order chi connectivity index (χ0) is 15.4. The summed E-state index contributed by atoms with van der Waals surface area (Å²) in [4.78, 5) is 8.87. The smallest absolute Gasteiger partial charge is 0.224 e. The van der Waals surface area contributed by atoms with Gasteiger partial charge in [-0.05, 0) is 37.5 Å². The lowest BCUT2D eigenvalue weighted by Crippen LogP contribution is -2.11. The van der Waals surface area contributed by atoms with Crippen molar-refractivity contribution in [2.75, 3.05) is 17.2 Å². The monoisotopic (exact) mass is 304 g/mol. The summed E-state index contributed by atoms with van der Waals surface area (Å²) >= 11 is 6.14. The van der Waals surface area contributed by atoms with Gasteiger partial charge in [0.2, 0.25) is 5.95 Å². The van der Waals surface area contributed by atoms with E-state index in [9.17, 15) is 0 Å². The van der Waals surface area contributed by atoms with Crippen LogP contribution < -0.4 is 10.6 Å². The lowest BCUT2D eigenvalue weighted by molar-refractivity contribution is 0.684. The summed E-state index contributed by atoms with van der Waals surface area (Å²) in [6, 6.07) is 7.78. The van der Waals surface area contributed by atoms with Gasteiger partial charge in [-0.1, -0.05) is 31.5 Å². The number of rotatable bonds is 5. The molecule has 0 spiro atoms. The minimum Gasteiger partial charge on any atom is -0.354 e. The van der Waals surface area contributed by atoms with Crippen LogP contribution in [0.3, 0.4) is 0 Å². The highest BCUT2D eigenvalue weighted by Crippen LogP contribution is 2.23. The second kappa shape index (κ2) is 6.76. The molecule has 4 nitrogen and oxygen atoms in total. The molecule has 0 fully saturated rings. The summed E-state index contributed by atoms with van der Waals surface area (Å²) < 4.78 is 0. The number of nitrogens with zero attached hydrogens (tertiary/aromatic N) is 2. The van der Waals surface area contributed by atoms with Crippen molar-refractivity contribution in [3.63, 3.8) is 0 Å². The summed E-state index contributed by atoms with van der Waals surface area (Å²) in [5, 5.41) is 7.25. The average molecular weight is 305 g/mol. The minimum atomic E-state index is 0.543. The maximum Gasteiger partial charge on any atom is 0.224 e. The highest BCUT2D eigenvalue weighted by Gasteiger charge is 2.04. The van der Waals surface area contributed by atoms with Crippen molar-refractivity contribution in [1.29, 1.82) is 0 Å². The molecular formula is C16H21ClN4. The van der Waals surface area contributed by atoms with Crippen LogP contribution in [0.2, 0.25) is 5.02 Å². The number of anilines is 3. The Hall–Kier alpha value is -1.81. The van der Waals surface area contributed by atoms with Crippen LogP contribution in [0.15, 0.2) is 24.3 Å². The number of hydrogen-bond acceptors (Lipinski definition) is 4. The van der Waals surface area contributed by atoms with Crippen molar-refractivity contribution in [1.82, 2.24) is 9.97 Å². The zero-order valence-electron chi connectivity index (χ0n) is 12.9. The van der Waals surface area contributed by atoms with Crippen LogP contribution in [0, 0.1) is 19.8 Å². The van der Waals surface area contributed by atoms with E-state index >= 15 is 0 Å². The molecule has 2 aromatic rings. The largest absolute Gasteiger partial charge is 0.354 e. The van der Waals surface area contributed by atoms with Gasteiger partial charge < -0.3 is 10.6 Å². The standard InChI is InChI=1S/C16H21ClN4/c1-10(2)9-18-16-19-12(4)7-15(21-16)20-13-6-5-11(3)14(17)8-13/h5-8,10H,9H2,1-4H3,(H2,18,19,20,21). The normalized spacial score (nSPS) is 10.8. The van der Waals surface area contributed by atoms with Gasteiger partial charge >= 0.3 is 0 Å². The highest BCUT2D eigenvalue weighted by atomic mass is 35.5. The van der Waals surface area contributed by atoms with Crippen molar-refractivity contribution in [3.8, 4) is 0 Å². The fourth-order valence-corrected chi connectivity index (χ4v) is 2.01. The maximum absolute atomic E-state index is 6.14. The number of halogens is 1. The fourth-order valence-electron chi connectivity index (χ4n) is 1.83. The lowest BCUT2D eigenvalue weighted by Gasteiger charge is -2.11. The number of nitrogens with one attached hydrogen (secondary N) is 2. The minimum absolute atomic E-state index is 0.543. The number of aromatic nitrogens is 2. The van der Waals surface area contributed by atoms with Gasteiger partial charge in [-0.15, -0.1) is 0 Å². The summed E-state index contributed by atoms with van der Waals surface area (Å²) in [6.45, 7) is 9.08. The first-order chi connectivity index (χ1) is 9.94. The molecule has 0 saturated carbocycles. The van der Waals surface area contributed by atoms with E-state index in [2.05, 4.69) is 34.4 Å². The molecule has 21 heavy (non-hydrogen) atoms.